The Morgan fingerprint density at radius 2 is 1.96 bits per heavy atom. The van der Waals surface area contributed by atoms with E-state index < -0.39 is 0 Å². The Labute approximate surface area is 150 Å². The zero-order valence-corrected chi connectivity index (χ0v) is 15.4. The molecule has 4 nitrogen and oxygen atoms in total. The zero-order valence-electron chi connectivity index (χ0n) is 15.4. The molecule has 0 unspecified atom stereocenters. The van der Waals surface area contributed by atoms with Crippen LogP contribution >= 0.6 is 0 Å². The number of amides is 1. The first-order chi connectivity index (χ1) is 12.0. The van der Waals surface area contributed by atoms with Gasteiger partial charge in [-0.25, -0.2) is 4.39 Å². The van der Waals surface area contributed by atoms with E-state index >= 15 is 0 Å². The van der Waals surface area contributed by atoms with Crippen LogP contribution in [0.3, 0.4) is 0 Å². The summed E-state index contributed by atoms with van der Waals surface area (Å²) in [5.74, 6) is 0.223. The summed E-state index contributed by atoms with van der Waals surface area (Å²) in [6, 6.07) is 5.14. The van der Waals surface area contributed by atoms with Crippen molar-refractivity contribution in [3.05, 3.63) is 29.6 Å². The van der Waals surface area contributed by atoms with Crippen LogP contribution in [-0.4, -0.2) is 49.6 Å². The van der Waals surface area contributed by atoms with Crippen LogP contribution in [0, 0.1) is 11.7 Å². The van der Waals surface area contributed by atoms with E-state index in [9.17, 15) is 9.18 Å². The zero-order chi connectivity index (χ0) is 17.8. The summed E-state index contributed by atoms with van der Waals surface area (Å²) in [4.78, 5) is 17.0. The molecule has 2 saturated heterocycles. The van der Waals surface area contributed by atoms with E-state index in [2.05, 4.69) is 24.1 Å². The van der Waals surface area contributed by atoms with E-state index in [1.165, 1.54) is 12.5 Å². The lowest BCUT2D eigenvalue weighted by Crippen LogP contribution is -2.53. The first-order valence-corrected chi connectivity index (χ1v) is 9.61. The maximum absolute atomic E-state index is 14.1. The van der Waals surface area contributed by atoms with E-state index in [-0.39, 0.29) is 11.7 Å². The smallest absolute Gasteiger partial charge is 0.254 e. The molecule has 1 aromatic rings. The minimum atomic E-state index is -0.319. The highest BCUT2D eigenvalue weighted by Gasteiger charge is 2.25. The fourth-order valence-electron chi connectivity index (χ4n) is 3.95. The van der Waals surface area contributed by atoms with Gasteiger partial charge in [0.25, 0.3) is 5.91 Å². The number of piperidine rings is 1. The number of rotatable bonds is 4. The normalized spacial score (nSPS) is 21.7. The fourth-order valence-corrected chi connectivity index (χ4v) is 3.95. The predicted molar refractivity (Wildman–Crippen MR) is 99.6 cm³/mol. The highest BCUT2D eigenvalue weighted by molar-refractivity contribution is 5.95. The molecule has 0 saturated carbocycles. The second-order valence-electron chi connectivity index (χ2n) is 7.78. The molecule has 0 bridgehead atoms. The molecule has 0 aromatic heterocycles. The number of hydrogen-bond acceptors (Lipinski definition) is 3. The molecule has 1 N–H and O–H groups in total. The average molecular weight is 347 g/mol. The summed E-state index contributed by atoms with van der Waals surface area (Å²) in [7, 11) is 0. The maximum Gasteiger partial charge on any atom is 0.254 e. The Kier molecular flexibility index (Phi) is 5.94. The number of anilines is 1. The monoisotopic (exact) mass is 347 g/mol. The summed E-state index contributed by atoms with van der Waals surface area (Å²) < 4.78 is 14.1. The molecule has 1 amide bonds. The van der Waals surface area contributed by atoms with Crippen LogP contribution in [0.15, 0.2) is 18.2 Å². The first kappa shape index (κ1) is 18.2. The Morgan fingerprint density at radius 3 is 2.68 bits per heavy atom. The number of nitrogens with one attached hydrogen (secondary N) is 1. The summed E-state index contributed by atoms with van der Waals surface area (Å²) in [6.45, 7) is 8.47. The lowest BCUT2D eigenvalue weighted by molar-refractivity contribution is 0.0694. The van der Waals surface area contributed by atoms with Crippen molar-refractivity contribution in [3.8, 4) is 0 Å². The van der Waals surface area contributed by atoms with Gasteiger partial charge in [0.1, 0.15) is 5.82 Å². The Bertz CT molecular complexity index is 599. The SMILES string of the molecule is CC(C)C[C@H]1CN(C(=O)c2cc(F)cc(N3CCCCC3)c2)CCN1. The minimum absolute atomic E-state index is 0.0481. The Hall–Kier alpha value is -1.62. The molecule has 2 aliphatic rings. The average Bonchev–Trinajstić information content (AvgIpc) is 2.61. The molecule has 3 rings (SSSR count). The first-order valence-electron chi connectivity index (χ1n) is 9.61. The lowest BCUT2D eigenvalue weighted by Gasteiger charge is -2.35. The summed E-state index contributed by atoms with van der Waals surface area (Å²) in [5.41, 5.74) is 1.32. The van der Waals surface area contributed by atoms with Gasteiger partial charge < -0.3 is 15.1 Å². The minimum Gasteiger partial charge on any atom is -0.371 e. The molecule has 138 valence electrons. The van der Waals surface area contributed by atoms with Crippen LogP contribution in [0.2, 0.25) is 0 Å². The third-order valence-corrected chi connectivity index (χ3v) is 5.15. The molecule has 1 aromatic carbocycles. The van der Waals surface area contributed by atoms with Crippen molar-refractivity contribution in [2.24, 2.45) is 5.92 Å². The van der Waals surface area contributed by atoms with E-state index in [1.807, 2.05) is 11.0 Å². The highest BCUT2D eigenvalue weighted by atomic mass is 19.1. The quantitative estimate of drug-likeness (QED) is 0.908. The molecule has 0 spiro atoms. The van der Waals surface area contributed by atoms with Crippen molar-refractivity contribution in [2.75, 3.05) is 37.6 Å². The number of hydrogen-bond donors (Lipinski definition) is 1. The number of piperazine rings is 1. The van der Waals surface area contributed by atoms with Crippen molar-refractivity contribution in [1.29, 1.82) is 0 Å². The number of carbonyl (C=O) groups excluding carboxylic acids is 1. The molecule has 0 radical (unpaired) electrons. The largest absolute Gasteiger partial charge is 0.371 e. The molecular weight excluding hydrogens is 317 g/mol. The number of benzene rings is 1. The van der Waals surface area contributed by atoms with Crippen LogP contribution in [-0.2, 0) is 0 Å². The molecule has 5 heteroatoms. The molecule has 2 heterocycles. The van der Waals surface area contributed by atoms with Gasteiger partial charge in [-0.15, -0.1) is 0 Å². The molecule has 2 aliphatic heterocycles. The fraction of sp³-hybridized carbons (Fsp3) is 0.650. The van der Waals surface area contributed by atoms with Crippen molar-refractivity contribution >= 4 is 11.6 Å². The van der Waals surface area contributed by atoms with Gasteiger partial charge in [0.15, 0.2) is 0 Å². The predicted octanol–water partition coefficient (Wildman–Crippen LogP) is 3.28. The topological polar surface area (TPSA) is 35.6 Å². The number of halogens is 1. The highest BCUT2D eigenvalue weighted by Crippen LogP contribution is 2.24. The van der Waals surface area contributed by atoms with Gasteiger partial charge in [0.2, 0.25) is 0 Å². The third-order valence-electron chi connectivity index (χ3n) is 5.15. The van der Waals surface area contributed by atoms with Crippen LogP contribution in [0.5, 0.6) is 0 Å². The van der Waals surface area contributed by atoms with Crippen LogP contribution in [0.1, 0.15) is 49.9 Å². The van der Waals surface area contributed by atoms with Crippen molar-refractivity contribution in [3.63, 3.8) is 0 Å². The molecule has 1 atom stereocenters. The second kappa shape index (κ2) is 8.17. The Balaban J connectivity index is 1.73. The van der Waals surface area contributed by atoms with E-state index in [0.29, 0.717) is 30.6 Å². The number of carbonyl (C=O) groups is 1. The lowest BCUT2D eigenvalue weighted by atomic mass is 10.0. The number of nitrogens with zero attached hydrogens (tertiary/aromatic N) is 2. The van der Waals surface area contributed by atoms with Crippen LogP contribution < -0.4 is 10.2 Å². The molecule has 0 aliphatic carbocycles. The molecule has 25 heavy (non-hydrogen) atoms. The summed E-state index contributed by atoms with van der Waals surface area (Å²) in [5, 5.41) is 3.49. The van der Waals surface area contributed by atoms with Gasteiger partial charge in [-0.3, -0.25) is 4.79 Å². The van der Waals surface area contributed by atoms with Gasteiger partial charge in [-0.2, -0.15) is 0 Å². The van der Waals surface area contributed by atoms with E-state index in [1.54, 1.807) is 6.07 Å². The summed E-state index contributed by atoms with van der Waals surface area (Å²) >= 11 is 0. The van der Waals surface area contributed by atoms with E-state index in [4.69, 9.17) is 0 Å². The molecule has 2 fully saturated rings. The van der Waals surface area contributed by atoms with E-state index in [0.717, 1.165) is 44.6 Å². The van der Waals surface area contributed by atoms with Gasteiger partial charge in [0, 0.05) is 50.0 Å². The van der Waals surface area contributed by atoms with Crippen molar-refractivity contribution in [2.45, 2.75) is 45.6 Å². The van der Waals surface area contributed by atoms with Crippen molar-refractivity contribution in [1.82, 2.24) is 10.2 Å². The third kappa shape index (κ3) is 4.72. The molecular formula is C20H30FN3O. The second-order valence-corrected chi connectivity index (χ2v) is 7.78. The maximum atomic E-state index is 14.1. The van der Waals surface area contributed by atoms with Gasteiger partial charge in [-0.05, 0) is 49.8 Å². The van der Waals surface area contributed by atoms with Gasteiger partial charge >= 0.3 is 0 Å². The summed E-state index contributed by atoms with van der Waals surface area (Å²) in [6.07, 6.45) is 4.55. The standard InChI is InChI=1S/C20H30FN3O/c1-15(2)10-18-14-24(9-6-22-18)20(25)16-11-17(21)13-19(12-16)23-7-4-3-5-8-23/h11-13,15,18,22H,3-10,14H2,1-2H3/t18-/m0/s1. The Morgan fingerprint density at radius 1 is 1.20 bits per heavy atom. The van der Waals surface area contributed by atoms with Crippen LogP contribution in [0.25, 0.3) is 0 Å². The van der Waals surface area contributed by atoms with Gasteiger partial charge in [0.05, 0.1) is 0 Å². The van der Waals surface area contributed by atoms with Crippen molar-refractivity contribution < 1.29 is 9.18 Å². The van der Waals surface area contributed by atoms with Gasteiger partial charge in [-0.1, -0.05) is 13.8 Å². The van der Waals surface area contributed by atoms with Crippen LogP contribution in [0.4, 0.5) is 10.1 Å².